The van der Waals surface area contributed by atoms with Crippen LogP contribution in [0.5, 0.6) is 0 Å². The van der Waals surface area contributed by atoms with Crippen molar-refractivity contribution in [3.63, 3.8) is 0 Å². The van der Waals surface area contributed by atoms with E-state index in [1.165, 1.54) is 5.39 Å². The summed E-state index contributed by atoms with van der Waals surface area (Å²) in [6.45, 7) is 0. The van der Waals surface area contributed by atoms with Gasteiger partial charge in [0.2, 0.25) is 0 Å². The Morgan fingerprint density at radius 1 is 1.00 bits per heavy atom. The van der Waals surface area contributed by atoms with Crippen molar-refractivity contribution in [3.8, 4) is 0 Å². The predicted molar refractivity (Wildman–Crippen MR) is 83.2 cm³/mol. The lowest BCUT2D eigenvalue weighted by Gasteiger charge is -2.34. The van der Waals surface area contributed by atoms with Crippen LogP contribution >= 0.6 is 0 Å². The van der Waals surface area contributed by atoms with E-state index >= 15 is 0 Å². The number of hydrogen-bond acceptors (Lipinski definition) is 2. The molecule has 0 aliphatic heterocycles. The fourth-order valence-corrected chi connectivity index (χ4v) is 3.44. The SMILES string of the molecule is CN(C)C1(C(=O)c2ccc3ccccc3c2)CCCC1. The maximum atomic E-state index is 13.0. The van der Waals surface area contributed by atoms with Crippen LogP contribution in [0.4, 0.5) is 0 Å². The Balaban J connectivity index is 2.03. The van der Waals surface area contributed by atoms with Crippen molar-refractivity contribution in [1.82, 2.24) is 4.90 Å². The number of carbonyl (C=O) groups is 1. The van der Waals surface area contributed by atoms with E-state index in [9.17, 15) is 4.79 Å². The summed E-state index contributed by atoms with van der Waals surface area (Å²) >= 11 is 0. The third kappa shape index (κ3) is 2.04. The molecule has 0 N–H and O–H groups in total. The lowest BCUT2D eigenvalue weighted by Crippen LogP contribution is -2.48. The monoisotopic (exact) mass is 267 g/mol. The number of nitrogens with zero attached hydrogens (tertiary/aromatic N) is 1. The number of hydrogen-bond donors (Lipinski definition) is 0. The van der Waals surface area contributed by atoms with E-state index in [0.717, 1.165) is 36.6 Å². The van der Waals surface area contributed by atoms with Crippen LogP contribution in [0.25, 0.3) is 10.8 Å². The first-order valence-electron chi connectivity index (χ1n) is 7.34. The van der Waals surface area contributed by atoms with Crippen molar-refractivity contribution >= 4 is 16.6 Å². The second-order valence-electron chi connectivity index (χ2n) is 6.02. The zero-order valence-electron chi connectivity index (χ0n) is 12.2. The van der Waals surface area contributed by atoms with Crippen molar-refractivity contribution in [2.24, 2.45) is 0 Å². The third-order valence-corrected chi connectivity index (χ3v) is 4.72. The van der Waals surface area contributed by atoms with Crippen LogP contribution in [0.1, 0.15) is 36.0 Å². The second kappa shape index (κ2) is 5.02. The first-order chi connectivity index (χ1) is 9.63. The molecule has 2 heteroatoms. The number of rotatable bonds is 3. The van der Waals surface area contributed by atoms with Crippen LogP contribution in [-0.4, -0.2) is 30.3 Å². The molecule has 0 spiro atoms. The lowest BCUT2D eigenvalue weighted by atomic mass is 9.86. The summed E-state index contributed by atoms with van der Waals surface area (Å²) in [6, 6.07) is 14.3. The first kappa shape index (κ1) is 13.3. The molecule has 0 atom stereocenters. The number of ketones is 1. The molecule has 1 aliphatic rings. The minimum Gasteiger partial charge on any atom is -0.297 e. The van der Waals surface area contributed by atoms with Gasteiger partial charge in [-0.2, -0.15) is 0 Å². The van der Waals surface area contributed by atoms with E-state index in [-0.39, 0.29) is 11.3 Å². The second-order valence-corrected chi connectivity index (χ2v) is 6.02. The molecule has 0 unspecified atom stereocenters. The van der Waals surface area contributed by atoms with Gasteiger partial charge in [-0.05, 0) is 43.8 Å². The van der Waals surface area contributed by atoms with Gasteiger partial charge in [-0.25, -0.2) is 0 Å². The van der Waals surface area contributed by atoms with Gasteiger partial charge < -0.3 is 0 Å². The van der Waals surface area contributed by atoms with Crippen molar-refractivity contribution in [1.29, 1.82) is 0 Å². The fourth-order valence-electron chi connectivity index (χ4n) is 3.44. The largest absolute Gasteiger partial charge is 0.297 e. The molecule has 0 amide bonds. The highest BCUT2D eigenvalue weighted by Crippen LogP contribution is 2.37. The summed E-state index contributed by atoms with van der Waals surface area (Å²) in [5.74, 6) is 0.283. The van der Waals surface area contributed by atoms with Gasteiger partial charge in [0.25, 0.3) is 0 Å². The zero-order valence-corrected chi connectivity index (χ0v) is 12.2. The standard InChI is InChI=1S/C18H21NO/c1-19(2)18(11-5-6-12-18)17(20)16-10-9-14-7-3-4-8-15(14)13-16/h3-4,7-10,13H,5-6,11-12H2,1-2H3. The number of benzene rings is 2. The summed E-state index contributed by atoms with van der Waals surface area (Å²) in [5.41, 5.74) is 0.557. The van der Waals surface area contributed by atoms with Crippen molar-refractivity contribution in [2.45, 2.75) is 31.2 Å². The van der Waals surface area contributed by atoms with Crippen LogP contribution in [0, 0.1) is 0 Å². The Morgan fingerprint density at radius 2 is 1.65 bits per heavy atom. The Bertz CT molecular complexity index is 639. The molecule has 0 radical (unpaired) electrons. The van der Waals surface area contributed by atoms with Gasteiger partial charge in [0.15, 0.2) is 5.78 Å². The van der Waals surface area contributed by atoms with Gasteiger partial charge in [-0.15, -0.1) is 0 Å². The molecule has 1 aliphatic carbocycles. The van der Waals surface area contributed by atoms with Crippen molar-refractivity contribution in [2.75, 3.05) is 14.1 Å². The molecule has 104 valence electrons. The number of Topliss-reactive ketones (excluding diaryl/α,β-unsaturated/α-hetero) is 1. The molecular formula is C18H21NO. The van der Waals surface area contributed by atoms with E-state index < -0.39 is 0 Å². The van der Waals surface area contributed by atoms with Crippen LogP contribution in [0.15, 0.2) is 42.5 Å². The van der Waals surface area contributed by atoms with Gasteiger partial charge in [-0.3, -0.25) is 9.69 Å². The lowest BCUT2D eigenvalue weighted by molar-refractivity contribution is 0.0693. The molecular weight excluding hydrogens is 246 g/mol. The summed E-state index contributed by atoms with van der Waals surface area (Å²) in [7, 11) is 4.06. The number of carbonyl (C=O) groups excluding carboxylic acids is 1. The molecule has 0 heterocycles. The van der Waals surface area contributed by atoms with Crippen LogP contribution in [-0.2, 0) is 0 Å². The van der Waals surface area contributed by atoms with Gasteiger partial charge in [0.05, 0.1) is 5.54 Å². The summed E-state index contributed by atoms with van der Waals surface area (Å²) < 4.78 is 0. The topological polar surface area (TPSA) is 20.3 Å². The summed E-state index contributed by atoms with van der Waals surface area (Å²) in [6.07, 6.45) is 4.26. The van der Waals surface area contributed by atoms with Crippen LogP contribution in [0.3, 0.4) is 0 Å². The molecule has 3 rings (SSSR count). The van der Waals surface area contributed by atoms with E-state index in [2.05, 4.69) is 23.1 Å². The molecule has 2 aromatic carbocycles. The van der Waals surface area contributed by atoms with E-state index in [1.54, 1.807) is 0 Å². The number of fused-ring (bicyclic) bond motifs is 1. The van der Waals surface area contributed by atoms with Crippen LogP contribution < -0.4 is 0 Å². The maximum absolute atomic E-state index is 13.0. The molecule has 2 nitrogen and oxygen atoms in total. The van der Waals surface area contributed by atoms with Gasteiger partial charge >= 0.3 is 0 Å². The molecule has 20 heavy (non-hydrogen) atoms. The van der Waals surface area contributed by atoms with Gasteiger partial charge in [0, 0.05) is 5.56 Å². The minimum absolute atomic E-state index is 0.283. The van der Waals surface area contributed by atoms with Crippen molar-refractivity contribution in [3.05, 3.63) is 48.0 Å². The summed E-state index contributed by atoms with van der Waals surface area (Å²) in [4.78, 5) is 15.1. The minimum atomic E-state index is -0.289. The van der Waals surface area contributed by atoms with E-state index in [0.29, 0.717) is 0 Å². The Morgan fingerprint density at radius 3 is 2.30 bits per heavy atom. The smallest absolute Gasteiger partial charge is 0.183 e. The van der Waals surface area contributed by atoms with Gasteiger partial charge in [0.1, 0.15) is 0 Å². The Labute approximate surface area is 120 Å². The average molecular weight is 267 g/mol. The van der Waals surface area contributed by atoms with Crippen molar-refractivity contribution < 1.29 is 4.79 Å². The highest BCUT2D eigenvalue weighted by Gasteiger charge is 2.43. The molecule has 2 aromatic rings. The van der Waals surface area contributed by atoms with Gasteiger partial charge in [-0.1, -0.05) is 49.2 Å². The third-order valence-electron chi connectivity index (χ3n) is 4.72. The van der Waals surface area contributed by atoms with E-state index in [1.807, 2.05) is 38.4 Å². The Hall–Kier alpha value is -1.67. The van der Waals surface area contributed by atoms with Crippen LogP contribution in [0.2, 0.25) is 0 Å². The molecule has 1 saturated carbocycles. The maximum Gasteiger partial charge on any atom is 0.183 e. The highest BCUT2D eigenvalue weighted by atomic mass is 16.1. The average Bonchev–Trinajstić information content (AvgIpc) is 2.97. The fraction of sp³-hybridized carbons (Fsp3) is 0.389. The molecule has 1 fully saturated rings. The molecule has 0 aromatic heterocycles. The Kier molecular flexibility index (Phi) is 3.35. The predicted octanol–water partition coefficient (Wildman–Crippen LogP) is 3.90. The quantitative estimate of drug-likeness (QED) is 0.786. The normalized spacial score (nSPS) is 17.8. The van der Waals surface area contributed by atoms with E-state index in [4.69, 9.17) is 0 Å². The zero-order chi connectivity index (χ0) is 14.2. The molecule has 0 saturated heterocycles. The molecule has 0 bridgehead atoms. The number of likely N-dealkylation sites (N-methyl/N-ethyl adjacent to an activating group) is 1. The highest BCUT2D eigenvalue weighted by molar-refractivity contribution is 6.05. The first-order valence-corrected chi connectivity index (χ1v) is 7.34. The summed E-state index contributed by atoms with van der Waals surface area (Å²) in [5, 5.41) is 2.33.